The van der Waals surface area contributed by atoms with Gasteiger partial charge in [0.1, 0.15) is 6.54 Å². The van der Waals surface area contributed by atoms with Crippen molar-refractivity contribution in [3.05, 3.63) is 57.6 Å². The van der Waals surface area contributed by atoms with Crippen molar-refractivity contribution in [2.45, 2.75) is 26.7 Å². The van der Waals surface area contributed by atoms with Crippen molar-refractivity contribution in [2.24, 2.45) is 0 Å². The Kier molecular flexibility index (Phi) is 4.71. The maximum Gasteiger partial charge on any atom is 0.244 e. The van der Waals surface area contributed by atoms with E-state index >= 15 is 0 Å². The second kappa shape index (κ2) is 6.77. The Bertz CT molecular complexity index is 797. The summed E-state index contributed by atoms with van der Waals surface area (Å²) in [4.78, 5) is 26.4. The van der Waals surface area contributed by atoms with Crippen LogP contribution in [0.5, 0.6) is 0 Å². The Hall–Kier alpha value is -2.14. The molecule has 0 saturated heterocycles. The molecule has 0 saturated carbocycles. The molecule has 0 fully saturated rings. The van der Waals surface area contributed by atoms with Gasteiger partial charge in [-0.15, -0.1) is 0 Å². The topological polar surface area (TPSA) is 49.4 Å². The fourth-order valence-electron chi connectivity index (χ4n) is 3.04. The maximum absolute atomic E-state index is 12.5. The molecule has 124 valence electrons. The van der Waals surface area contributed by atoms with Crippen LogP contribution in [0.3, 0.4) is 0 Å². The standard InChI is InChI=1S/C19H19BrN2O2/c1-12-4-3-5-13(2)19(12)21-17(23)11-22-16-8-7-15(20)10-14(16)6-9-18(22)24/h3-5,7-8,10H,6,9,11H2,1-2H3,(H,21,23). The number of hydrogen-bond donors (Lipinski definition) is 1. The zero-order chi connectivity index (χ0) is 17.3. The Morgan fingerprint density at radius 2 is 1.88 bits per heavy atom. The molecule has 0 atom stereocenters. The van der Waals surface area contributed by atoms with Gasteiger partial charge in [0.15, 0.2) is 0 Å². The summed E-state index contributed by atoms with van der Waals surface area (Å²) in [5.74, 6) is -0.196. The number of nitrogens with zero attached hydrogens (tertiary/aromatic N) is 1. The van der Waals surface area contributed by atoms with Crippen molar-refractivity contribution in [1.29, 1.82) is 0 Å². The lowest BCUT2D eigenvalue weighted by molar-refractivity contribution is -0.121. The summed E-state index contributed by atoms with van der Waals surface area (Å²) in [6, 6.07) is 11.7. The first-order valence-corrected chi connectivity index (χ1v) is 8.70. The number of aryl methyl sites for hydroxylation is 3. The Balaban J connectivity index is 1.81. The molecule has 4 nitrogen and oxygen atoms in total. The zero-order valence-electron chi connectivity index (χ0n) is 13.7. The third-order valence-corrected chi connectivity index (χ3v) is 4.78. The Morgan fingerprint density at radius 1 is 1.17 bits per heavy atom. The summed E-state index contributed by atoms with van der Waals surface area (Å²) in [6.07, 6.45) is 1.14. The molecule has 2 aromatic carbocycles. The van der Waals surface area contributed by atoms with E-state index in [0.717, 1.165) is 32.5 Å². The van der Waals surface area contributed by atoms with E-state index in [4.69, 9.17) is 0 Å². The molecule has 24 heavy (non-hydrogen) atoms. The largest absolute Gasteiger partial charge is 0.324 e. The lowest BCUT2D eigenvalue weighted by atomic mass is 10.0. The number of anilines is 2. The predicted molar refractivity (Wildman–Crippen MR) is 99.4 cm³/mol. The summed E-state index contributed by atoms with van der Waals surface area (Å²) < 4.78 is 0.982. The van der Waals surface area contributed by atoms with Gasteiger partial charge in [-0.25, -0.2) is 0 Å². The first-order valence-electron chi connectivity index (χ1n) is 7.90. The SMILES string of the molecule is Cc1cccc(C)c1NC(=O)CN1C(=O)CCc2cc(Br)ccc21. The van der Waals surface area contributed by atoms with Crippen LogP contribution in [-0.4, -0.2) is 18.4 Å². The number of benzene rings is 2. The highest BCUT2D eigenvalue weighted by Gasteiger charge is 2.26. The molecule has 5 heteroatoms. The smallest absolute Gasteiger partial charge is 0.244 e. The van der Waals surface area contributed by atoms with Crippen LogP contribution in [-0.2, 0) is 16.0 Å². The van der Waals surface area contributed by atoms with Crippen LogP contribution in [0.1, 0.15) is 23.1 Å². The van der Waals surface area contributed by atoms with Gasteiger partial charge in [-0.3, -0.25) is 9.59 Å². The van der Waals surface area contributed by atoms with Crippen LogP contribution in [0.2, 0.25) is 0 Å². The number of para-hydroxylation sites is 1. The molecule has 3 rings (SSSR count). The van der Waals surface area contributed by atoms with Crippen LogP contribution in [0.15, 0.2) is 40.9 Å². The third-order valence-electron chi connectivity index (χ3n) is 4.29. The van der Waals surface area contributed by atoms with Crippen LogP contribution >= 0.6 is 15.9 Å². The first kappa shape index (κ1) is 16.7. The molecule has 1 aliphatic heterocycles. The second-order valence-corrected chi connectivity index (χ2v) is 6.98. The molecule has 0 aromatic heterocycles. The number of nitrogens with one attached hydrogen (secondary N) is 1. The molecular weight excluding hydrogens is 368 g/mol. The zero-order valence-corrected chi connectivity index (χ0v) is 15.3. The summed E-state index contributed by atoms with van der Waals surface area (Å²) in [5, 5.41) is 2.95. The molecule has 0 bridgehead atoms. The van der Waals surface area contributed by atoms with Gasteiger partial charge in [-0.05, 0) is 55.2 Å². The van der Waals surface area contributed by atoms with E-state index in [0.29, 0.717) is 12.8 Å². The lowest BCUT2D eigenvalue weighted by Crippen LogP contribution is -2.41. The van der Waals surface area contributed by atoms with Crippen molar-refractivity contribution >= 4 is 39.1 Å². The van der Waals surface area contributed by atoms with Crippen LogP contribution in [0, 0.1) is 13.8 Å². The predicted octanol–water partition coefficient (Wildman–Crippen LogP) is 3.98. The minimum Gasteiger partial charge on any atom is -0.324 e. The summed E-state index contributed by atoms with van der Waals surface area (Å²) in [5.41, 5.74) is 4.76. The molecule has 1 aliphatic rings. The van der Waals surface area contributed by atoms with Gasteiger partial charge in [-0.2, -0.15) is 0 Å². The second-order valence-electron chi connectivity index (χ2n) is 6.07. The minimum atomic E-state index is -0.184. The molecule has 1 heterocycles. The van der Waals surface area contributed by atoms with Crippen molar-refractivity contribution in [2.75, 3.05) is 16.8 Å². The Morgan fingerprint density at radius 3 is 2.58 bits per heavy atom. The van der Waals surface area contributed by atoms with Gasteiger partial charge in [0, 0.05) is 22.3 Å². The molecule has 0 unspecified atom stereocenters. The van der Waals surface area contributed by atoms with E-state index in [9.17, 15) is 9.59 Å². The van der Waals surface area contributed by atoms with Gasteiger partial charge >= 0.3 is 0 Å². The summed E-state index contributed by atoms with van der Waals surface area (Å²) >= 11 is 3.45. The van der Waals surface area contributed by atoms with Gasteiger partial charge in [0.2, 0.25) is 11.8 Å². The molecule has 2 amide bonds. The third kappa shape index (κ3) is 3.36. The van der Waals surface area contributed by atoms with Gasteiger partial charge in [-0.1, -0.05) is 34.1 Å². The highest BCUT2D eigenvalue weighted by Crippen LogP contribution is 2.30. The van der Waals surface area contributed by atoms with Gasteiger partial charge < -0.3 is 10.2 Å². The van der Waals surface area contributed by atoms with Crippen molar-refractivity contribution in [1.82, 2.24) is 0 Å². The number of hydrogen-bond acceptors (Lipinski definition) is 2. The molecule has 0 spiro atoms. The average molecular weight is 387 g/mol. The van der Waals surface area contributed by atoms with Gasteiger partial charge in [0.05, 0.1) is 0 Å². The first-order chi connectivity index (χ1) is 11.5. The number of carbonyl (C=O) groups excluding carboxylic acids is 2. The van der Waals surface area contributed by atoms with E-state index < -0.39 is 0 Å². The summed E-state index contributed by atoms with van der Waals surface area (Å²) in [7, 11) is 0. The maximum atomic E-state index is 12.5. The summed E-state index contributed by atoms with van der Waals surface area (Å²) in [6.45, 7) is 3.95. The van der Waals surface area contributed by atoms with E-state index in [1.165, 1.54) is 0 Å². The number of rotatable bonds is 3. The fraction of sp³-hybridized carbons (Fsp3) is 0.263. The Labute approximate surface area is 150 Å². The van der Waals surface area contributed by atoms with Crippen molar-refractivity contribution in [3.8, 4) is 0 Å². The number of amides is 2. The molecule has 1 N–H and O–H groups in total. The monoisotopic (exact) mass is 386 g/mol. The van der Waals surface area contributed by atoms with E-state index in [1.807, 2.05) is 50.2 Å². The normalized spacial score (nSPS) is 13.6. The van der Waals surface area contributed by atoms with Crippen LogP contribution in [0.25, 0.3) is 0 Å². The fourth-order valence-corrected chi connectivity index (χ4v) is 3.44. The lowest BCUT2D eigenvalue weighted by Gasteiger charge is -2.29. The highest BCUT2D eigenvalue weighted by molar-refractivity contribution is 9.10. The van der Waals surface area contributed by atoms with Gasteiger partial charge in [0.25, 0.3) is 0 Å². The molecule has 0 radical (unpaired) electrons. The van der Waals surface area contributed by atoms with Crippen LogP contribution in [0.4, 0.5) is 11.4 Å². The van der Waals surface area contributed by atoms with E-state index in [1.54, 1.807) is 4.90 Å². The van der Waals surface area contributed by atoms with Crippen molar-refractivity contribution < 1.29 is 9.59 Å². The molecule has 2 aromatic rings. The minimum absolute atomic E-state index is 0.0125. The van der Waals surface area contributed by atoms with E-state index in [2.05, 4.69) is 21.2 Å². The number of halogens is 1. The van der Waals surface area contributed by atoms with E-state index in [-0.39, 0.29) is 18.4 Å². The highest BCUT2D eigenvalue weighted by atomic mass is 79.9. The van der Waals surface area contributed by atoms with Crippen molar-refractivity contribution in [3.63, 3.8) is 0 Å². The number of carbonyl (C=O) groups is 2. The molecule has 0 aliphatic carbocycles. The average Bonchev–Trinajstić information content (AvgIpc) is 2.54. The quantitative estimate of drug-likeness (QED) is 0.866. The number of fused-ring (bicyclic) bond motifs is 1. The molecular formula is C19H19BrN2O2. The van der Waals surface area contributed by atoms with Crippen LogP contribution < -0.4 is 10.2 Å².